The van der Waals surface area contributed by atoms with Gasteiger partial charge >= 0.3 is 0 Å². The van der Waals surface area contributed by atoms with Gasteiger partial charge in [0.15, 0.2) is 0 Å². The first-order valence-electron chi connectivity index (χ1n) is 8.58. The van der Waals surface area contributed by atoms with Gasteiger partial charge in [0.1, 0.15) is 0 Å². The maximum Gasteiger partial charge on any atom is 0.0769 e. The van der Waals surface area contributed by atoms with Gasteiger partial charge in [0.25, 0.3) is 0 Å². The number of benzene rings is 1. The Hall–Kier alpha value is -1.73. The summed E-state index contributed by atoms with van der Waals surface area (Å²) in [5.74, 6) is 0. The number of aliphatic hydroxyl groups is 1. The third-order valence-electron chi connectivity index (χ3n) is 4.30. The molecule has 1 fully saturated rings. The van der Waals surface area contributed by atoms with E-state index >= 15 is 0 Å². The molecule has 1 aromatic carbocycles. The Morgan fingerprint density at radius 1 is 1.08 bits per heavy atom. The van der Waals surface area contributed by atoms with Crippen molar-refractivity contribution >= 4 is 0 Å². The molecule has 3 rings (SSSR count). The zero-order valence-electron chi connectivity index (χ0n) is 14.0. The normalized spacial score (nSPS) is 15.9. The van der Waals surface area contributed by atoms with E-state index in [0.29, 0.717) is 6.54 Å². The molecule has 0 saturated carbocycles. The van der Waals surface area contributed by atoms with Crippen LogP contribution in [0.25, 0.3) is 5.69 Å². The summed E-state index contributed by atoms with van der Waals surface area (Å²) in [6.07, 6.45) is 1.99. The van der Waals surface area contributed by atoms with E-state index in [1.54, 1.807) is 0 Å². The Bertz CT molecular complexity index is 596. The summed E-state index contributed by atoms with van der Waals surface area (Å²) in [7, 11) is 0. The molecular formula is C18H26N4O2. The number of hydrogen-bond acceptors (Lipinski definition) is 5. The van der Waals surface area contributed by atoms with E-state index in [9.17, 15) is 5.11 Å². The molecule has 1 aliphatic rings. The molecule has 6 nitrogen and oxygen atoms in total. The van der Waals surface area contributed by atoms with Crippen molar-refractivity contribution in [2.75, 3.05) is 52.5 Å². The van der Waals surface area contributed by atoms with Gasteiger partial charge in [-0.15, -0.1) is 0 Å². The van der Waals surface area contributed by atoms with Crippen molar-refractivity contribution in [3.05, 3.63) is 48.3 Å². The zero-order valence-corrected chi connectivity index (χ0v) is 14.0. The first-order chi connectivity index (χ1) is 11.8. The first-order valence-corrected chi connectivity index (χ1v) is 8.58. The summed E-state index contributed by atoms with van der Waals surface area (Å²) in [6, 6.07) is 12.2. The Kier molecular flexibility index (Phi) is 6.37. The van der Waals surface area contributed by atoms with Crippen molar-refractivity contribution in [2.24, 2.45) is 0 Å². The molecule has 0 spiro atoms. The van der Waals surface area contributed by atoms with Crippen molar-refractivity contribution < 1.29 is 9.84 Å². The monoisotopic (exact) mass is 330 g/mol. The van der Waals surface area contributed by atoms with Crippen LogP contribution in [0.4, 0.5) is 0 Å². The van der Waals surface area contributed by atoms with Gasteiger partial charge in [0.05, 0.1) is 31.2 Å². The lowest BCUT2D eigenvalue weighted by molar-refractivity contribution is 0.0319. The number of aliphatic hydroxyl groups excluding tert-OH is 1. The van der Waals surface area contributed by atoms with Gasteiger partial charge in [-0.05, 0) is 18.2 Å². The van der Waals surface area contributed by atoms with Crippen LogP contribution < -0.4 is 0 Å². The molecule has 1 N–H and O–H groups in total. The first kappa shape index (κ1) is 17.1. The SMILES string of the molecule is OCCN(CCN1CCOCC1)Cc1ccn(-c2ccccc2)n1. The van der Waals surface area contributed by atoms with Crippen LogP contribution in [-0.4, -0.2) is 77.2 Å². The minimum absolute atomic E-state index is 0.169. The number of hydrogen-bond donors (Lipinski definition) is 1. The van der Waals surface area contributed by atoms with Gasteiger partial charge in [0, 0.05) is 45.5 Å². The highest BCUT2D eigenvalue weighted by Gasteiger charge is 2.13. The van der Waals surface area contributed by atoms with Gasteiger partial charge in [-0.3, -0.25) is 9.80 Å². The average molecular weight is 330 g/mol. The van der Waals surface area contributed by atoms with Gasteiger partial charge < -0.3 is 9.84 Å². The van der Waals surface area contributed by atoms with E-state index in [1.807, 2.05) is 47.3 Å². The highest BCUT2D eigenvalue weighted by Crippen LogP contribution is 2.09. The lowest BCUT2D eigenvalue weighted by Gasteiger charge is -2.29. The van der Waals surface area contributed by atoms with Gasteiger partial charge in [0.2, 0.25) is 0 Å². The van der Waals surface area contributed by atoms with Crippen LogP contribution in [0.2, 0.25) is 0 Å². The molecule has 2 heterocycles. The Labute approximate surface area is 143 Å². The van der Waals surface area contributed by atoms with Gasteiger partial charge in [-0.25, -0.2) is 4.68 Å². The van der Waals surface area contributed by atoms with E-state index in [2.05, 4.69) is 14.9 Å². The number of morpholine rings is 1. The van der Waals surface area contributed by atoms with Crippen molar-refractivity contribution in [3.63, 3.8) is 0 Å². The third kappa shape index (κ3) is 4.88. The highest BCUT2D eigenvalue weighted by atomic mass is 16.5. The Morgan fingerprint density at radius 2 is 1.88 bits per heavy atom. The summed E-state index contributed by atoms with van der Waals surface area (Å²) >= 11 is 0. The van der Waals surface area contributed by atoms with Gasteiger partial charge in [-0.2, -0.15) is 5.10 Å². The average Bonchev–Trinajstić information content (AvgIpc) is 3.10. The van der Waals surface area contributed by atoms with Crippen molar-refractivity contribution in [3.8, 4) is 5.69 Å². The summed E-state index contributed by atoms with van der Waals surface area (Å²) < 4.78 is 7.28. The van der Waals surface area contributed by atoms with Crippen LogP contribution in [0.15, 0.2) is 42.6 Å². The molecular weight excluding hydrogens is 304 g/mol. The molecule has 1 aromatic heterocycles. The quantitative estimate of drug-likeness (QED) is 0.783. The maximum atomic E-state index is 9.33. The van der Waals surface area contributed by atoms with Crippen molar-refractivity contribution in [2.45, 2.75) is 6.54 Å². The predicted molar refractivity (Wildman–Crippen MR) is 93.2 cm³/mol. The molecule has 0 radical (unpaired) electrons. The lowest BCUT2D eigenvalue weighted by Crippen LogP contribution is -2.41. The molecule has 24 heavy (non-hydrogen) atoms. The van der Waals surface area contributed by atoms with E-state index in [-0.39, 0.29) is 6.61 Å². The number of nitrogens with zero attached hydrogens (tertiary/aromatic N) is 4. The standard InChI is InChI=1S/C18H26N4O2/c23-13-10-21(9-8-20-11-14-24-15-12-20)16-17-6-7-22(19-17)18-4-2-1-3-5-18/h1-7,23H,8-16H2. The van der Waals surface area contributed by atoms with E-state index in [1.165, 1.54) is 0 Å². The molecule has 0 unspecified atom stereocenters. The fourth-order valence-corrected chi connectivity index (χ4v) is 2.92. The molecule has 0 aliphatic carbocycles. The molecule has 130 valence electrons. The van der Waals surface area contributed by atoms with Crippen LogP contribution in [0.1, 0.15) is 5.69 Å². The van der Waals surface area contributed by atoms with Crippen molar-refractivity contribution in [1.82, 2.24) is 19.6 Å². The van der Waals surface area contributed by atoms with Crippen LogP contribution >= 0.6 is 0 Å². The Balaban J connectivity index is 1.55. The molecule has 0 amide bonds. The smallest absolute Gasteiger partial charge is 0.0769 e. The molecule has 1 saturated heterocycles. The summed E-state index contributed by atoms with van der Waals surface area (Å²) in [6.45, 7) is 7.16. The van der Waals surface area contributed by atoms with E-state index in [4.69, 9.17) is 4.74 Å². The molecule has 2 aromatic rings. The number of ether oxygens (including phenoxy) is 1. The maximum absolute atomic E-state index is 9.33. The number of rotatable bonds is 8. The third-order valence-corrected chi connectivity index (χ3v) is 4.30. The Morgan fingerprint density at radius 3 is 2.62 bits per heavy atom. The minimum Gasteiger partial charge on any atom is -0.395 e. The van der Waals surface area contributed by atoms with Gasteiger partial charge in [-0.1, -0.05) is 18.2 Å². The second-order valence-electron chi connectivity index (χ2n) is 6.04. The molecule has 0 bridgehead atoms. The second kappa shape index (κ2) is 8.94. The minimum atomic E-state index is 0.169. The molecule has 6 heteroatoms. The fourth-order valence-electron chi connectivity index (χ4n) is 2.92. The fraction of sp³-hybridized carbons (Fsp3) is 0.500. The topological polar surface area (TPSA) is 53.8 Å². The second-order valence-corrected chi connectivity index (χ2v) is 6.04. The van der Waals surface area contributed by atoms with Crippen LogP contribution in [0.5, 0.6) is 0 Å². The number of para-hydroxylation sites is 1. The van der Waals surface area contributed by atoms with Crippen molar-refractivity contribution in [1.29, 1.82) is 0 Å². The van der Waals surface area contributed by atoms with E-state index < -0.39 is 0 Å². The zero-order chi connectivity index (χ0) is 16.6. The molecule has 0 atom stereocenters. The van der Waals surface area contributed by atoms with Crippen LogP contribution in [-0.2, 0) is 11.3 Å². The summed E-state index contributed by atoms with van der Waals surface area (Å²) in [4.78, 5) is 4.67. The van der Waals surface area contributed by atoms with Crippen LogP contribution in [0, 0.1) is 0 Å². The van der Waals surface area contributed by atoms with Crippen LogP contribution in [0.3, 0.4) is 0 Å². The predicted octanol–water partition coefficient (Wildman–Crippen LogP) is 0.999. The largest absolute Gasteiger partial charge is 0.395 e. The number of aromatic nitrogens is 2. The lowest BCUT2D eigenvalue weighted by atomic mass is 10.3. The highest BCUT2D eigenvalue weighted by molar-refractivity contribution is 5.30. The summed E-state index contributed by atoms with van der Waals surface area (Å²) in [5.41, 5.74) is 2.08. The van der Waals surface area contributed by atoms with E-state index in [0.717, 1.165) is 57.3 Å². The summed E-state index contributed by atoms with van der Waals surface area (Å²) in [5, 5.41) is 14.0. The molecule has 1 aliphatic heterocycles.